The highest BCUT2D eigenvalue weighted by Gasteiger charge is 2.46. The highest BCUT2D eigenvalue weighted by molar-refractivity contribution is 6.18. The van der Waals surface area contributed by atoms with E-state index in [1.165, 1.54) is 88.3 Å². The van der Waals surface area contributed by atoms with Crippen LogP contribution in [0.4, 0.5) is 0 Å². The van der Waals surface area contributed by atoms with Crippen LogP contribution >= 0.6 is 0 Å². The summed E-state index contributed by atoms with van der Waals surface area (Å²) in [6.45, 7) is 0. The van der Waals surface area contributed by atoms with Crippen molar-refractivity contribution < 1.29 is 0 Å². The number of aromatic nitrogens is 2. The first-order valence-electron chi connectivity index (χ1n) is 18.7. The molecule has 10 aromatic rings. The molecule has 0 bridgehead atoms. The third kappa shape index (κ3) is 3.81. The topological polar surface area (TPSA) is 17.8 Å². The Bertz CT molecular complexity index is 3080. The van der Waals surface area contributed by atoms with Crippen molar-refractivity contribution >= 4 is 32.6 Å². The number of pyridine rings is 1. The number of hydrogen-bond donors (Lipinski definition) is 0. The average Bonchev–Trinajstić information content (AvgIpc) is 3.86. The molecule has 2 aromatic heterocycles. The summed E-state index contributed by atoms with van der Waals surface area (Å²) in [7, 11) is 0. The number of rotatable bonds is 4. The van der Waals surface area contributed by atoms with Gasteiger partial charge in [-0.2, -0.15) is 0 Å². The van der Waals surface area contributed by atoms with E-state index in [0.29, 0.717) is 0 Å². The van der Waals surface area contributed by atoms with Gasteiger partial charge in [0, 0.05) is 33.3 Å². The van der Waals surface area contributed by atoms with Gasteiger partial charge >= 0.3 is 0 Å². The molecular formula is C52H32N2. The van der Waals surface area contributed by atoms with Crippen LogP contribution in [0.3, 0.4) is 0 Å². The number of para-hydroxylation sites is 1. The molecule has 0 aliphatic heterocycles. The first-order chi connectivity index (χ1) is 26.8. The summed E-state index contributed by atoms with van der Waals surface area (Å²) in [5.74, 6) is 0.967. The van der Waals surface area contributed by atoms with Crippen molar-refractivity contribution in [3.63, 3.8) is 0 Å². The van der Waals surface area contributed by atoms with Gasteiger partial charge in [-0.3, -0.25) is 4.57 Å². The lowest BCUT2D eigenvalue weighted by molar-refractivity contribution is 0.768. The minimum Gasteiger partial charge on any atom is -0.293 e. The summed E-state index contributed by atoms with van der Waals surface area (Å²) in [5, 5.41) is 4.90. The zero-order valence-corrected chi connectivity index (χ0v) is 29.4. The van der Waals surface area contributed by atoms with Gasteiger partial charge in [-0.1, -0.05) is 164 Å². The summed E-state index contributed by atoms with van der Waals surface area (Å²) in [6, 6.07) is 69.2. The summed E-state index contributed by atoms with van der Waals surface area (Å²) in [5.41, 5.74) is 17.2. The molecule has 2 nitrogen and oxygen atoms in total. The van der Waals surface area contributed by atoms with Gasteiger partial charge in [0.15, 0.2) is 0 Å². The molecule has 54 heavy (non-hydrogen) atoms. The smallest absolute Gasteiger partial charge is 0.145 e. The van der Waals surface area contributed by atoms with Gasteiger partial charge in [-0.15, -0.1) is 0 Å². The van der Waals surface area contributed by atoms with Crippen molar-refractivity contribution in [2.45, 2.75) is 5.41 Å². The molecule has 8 aromatic carbocycles. The normalized spacial score (nSPS) is 13.3. The Morgan fingerprint density at radius 1 is 0.370 bits per heavy atom. The van der Waals surface area contributed by atoms with Crippen LogP contribution in [-0.4, -0.2) is 9.55 Å². The van der Waals surface area contributed by atoms with Crippen LogP contribution in [0, 0.1) is 0 Å². The van der Waals surface area contributed by atoms with Gasteiger partial charge in [0.1, 0.15) is 5.82 Å². The van der Waals surface area contributed by atoms with Gasteiger partial charge in [0.25, 0.3) is 0 Å². The molecule has 0 atom stereocenters. The number of nitrogens with zero attached hydrogens (tertiary/aromatic N) is 2. The van der Waals surface area contributed by atoms with Crippen LogP contribution < -0.4 is 0 Å². The molecule has 0 amide bonds. The molecule has 250 valence electrons. The molecular weight excluding hydrogens is 653 g/mol. The lowest BCUT2D eigenvalue weighted by Gasteiger charge is -2.33. The first-order valence-corrected chi connectivity index (χ1v) is 18.7. The molecule has 0 saturated carbocycles. The second-order valence-electron chi connectivity index (χ2n) is 14.6. The molecule has 0 fully saturated rings. The van der Waals surface area contributed by atoms with Crippen molar-refractivity contribution in [3.05, 3.63) is 217 Å². The molecule has 0 N–H and O–H groups in total. The molecule has 2 aliphatic carbocycles. The van der Waals surface area contributed by atoms with Crippen molar-refractivity contribution in [1.82, 2.24) is 9.55 Å². The van der Waals surface area contributed by atoms with Gasteiger partial charge < -0.3 is 0 Å². The van der Waals surface area contributed by atoms with E-state index >= 15 is 0 Å². The summed E-state index contributed by atoms with van der Waals surface area (Å²) in [6.07, 6.45) is 2.08. The second kappa shape index (κ2) is 11.0. The van der Waals surface area contributed by atoms with Crippen molar-refractivity contribution in [2.75, 3.05) is 0 Å². The number of benzene rings is 8. The number of fused-ring (bicyclic) bond motifs is 9. The summed E-state index contributed by atoms with van der Waals surface area (Å²) in [4.78, 5) is 5.22. The van der Waals surface area contributed by atoms with E-state index in [9.17, 15) is 0 Å². The monoisotopic (exact) mass is 684 g/mol. The van der Waals surface area contributed by atoms with E-state index in [2.05, 4.69) is 199 Å². The standard InChI is InChI=1S/C52H32N2/c1-3-14-35(15-4-1)52(36-16-5-2-6-17-36)46-24-11-9-20-39(46)43-30-33(26-28-47(43)52)34-27-29-49-44(31-34)40-21-10-12-25-48(40)54(49)51-42-23-13-22-41-37-18-7-8-19-38(37)45(32-53-51)50(41)42/h1-32H. The lowest BCUT2D eigenvalue weighted by Crippen LogP contribution is -2.28. The first kappa shape index (κ1) is 29.5. The largest absolute Gasteiger partial charge is 0.293 e. The van der Waals surface area contributed by atoms with Gasteiger partial charge in [-0.05, 0) is 85.5 Å². The van der Waals surface area contributed by atoms with Gasteiger partial charge in [0.05, 0.1) is 16.4 Å². The van der Waals surface area contributed by atoms with Crippen molar-refractivity contribution in [1.29, 1.82) is 0 Å². The maximum atomic E-state index is 5.22. The predicted molar refractivity (Wildman–Crippen MR) is 223 cm³/mol. The van der Waals surface area contributed by atoms with E-state index < -0.39 is 5.41 Å². The highest BCUT2D eigenvalue weighted by Crippen LogP contribution is 2.57. The molecule has 12 rings (SSSR count). The van der Waals surface area contributed by atoms with E-state index in [4.69, 9.17) is 4.98 Å². The Morgan fingerprint density at radius 2 is 0.944 bits per heavy atom. The minimum absolute atomic E-state index is 0.404. The molecule has 2 aliphatic rings. The third-order valence-corrected chi connectivity index (χ3v) is 12.1. The highest BCUT2D eigenvalue weighted by atomic mass is 15.1. The van der Waals surface area contributed by atoms with Crippen molar-refractivity contribution in [2.24, 2.45) is 0 Å². The van der Waals surface area contributed by atoms with E-state index in [-0.39, 0.29) is 0 Å². The fraction of sp³-hybridized carbons (Fsp3) is 0.0192. The zero-order chi connectivity index (χ0) is 35.4. The van der Waals surface area contributed by atoms with Crippen LogP contribution in [-0.2, 0) is 5.41 Å². The Hall–Kier alpha value is -7.03. The predicted octanol–water partition coefficient (Wildman–Crippen LogP) is 13.0. The van der Waals surface area contributed by atoms with Crippen LogP contribution in [0.15, 0.2) is 194 Å². The maximum Gasteiger partial charge on any atom is 0.145 e. The van der Waals surface area contributed by atoms with Crippen LogP contribution in [0.5, 0.6) is 0 Å². The van der Waals surface area contributed by atoms with E-state index in [0.717, 1.165) is 16.9 Å². The summed E-state index contributed by atoms with van der Waals surface area (Å²) >= 11 is 0. The lowest BCUT2D eigenvalue weighted by atomic mass is 9.67. The molecule has 2 heterocycles. The van der Waals surface area contributed by atoms with E-state index in [1.54, 1.807) is 0 Å². The molecule has 0 radical (unpaired) electrons. The molecule has 2 heteroatoms. The summed E-state index contributed by atoms with van der Waals surface area (Å²) < 4.78 is 2.37. The maximum absolute atomic E-state index is 5.22. The van der Waals surface area contributed by atoms with E-state index in [1.807, 2.05) is 0 Å². The van der Waals surface area contributed by atoms with Crippen LogP contribution in [0.2, 0.25) is 0 Å². The average molecular weight is 685 g/mol. The fourth-order valence-corrected chi connectivity index (χ4v) is 9.86. The SMILES string of the molecule is c1ccc(C2(c3ccccc3)c3ccccc3-c3cc(-c4ccc5c(c4)c4ccccc4n5-c4ncc5c6c(cccc46)-c4ccccc4-5)ccc32)cc1. The Labute approximate surface area is 313 Å². The molecule has 0 saturated heterocycles. The van der Waals surface area contributed by atoms with Gasteiger partial charge in [-0.25, -0.2) is 4.98 Å². The second-order valence-corrected chi connectivity index (χ2v) is 14.6. The van der Waals surface area contributed by atoms with Crippen LogP contribution in [0.1, 0.15) is 22.3 Å². The fourth-order valence-electron chi connectivity index (χ4n) is 9.86. The zero-order valence-electron chi connectivity index (χ0n) is 29.4. The Kier molecular flexibility index (Phi) is 6.01. The van der Waals surface area contributed by atoms with Crippen LogP contribution in [0.25, 0.3) is 82.9 Å². The Balaban J connectivity index is 1.06. The molecule has 0 spiro atoms. The quantitative estimate of drug-likeness (QED) is 0.180. The minimum atomic E-state index is -0.404. The van der Waals surface area contributed by atoms with Crippen molar-refractivity contribution in [3.8, 4) is 50.3 Å². The molecule has 0 unspecified atom stereocenters. The Morgan fingerprint density at radius 3 is 1.74 bits per heavy atom. The van der Waals surface area contributed by atoms with Gasteiger partial charge in [0.2, 0.25) is 0 Å². The number of hydrogen-bond acceptors (Lipinski definition) is 1. The third-order valence-electron chi connectivity index (χ3n) is 12.1.